The lowest BCUT2D eigenvalue weighted by Crippen LogP contribution is -2.01. The molecule has 0 amide bonds. The Morgan fingerprint density at radius 3 is 2.26 bits per heavy atom. The minimum Gasteiger partial charge on any atom is -0.490 e. The topological polar surface area (TPSA) is 35.2 Å². The molecule has 1 rings (SSSR count). The van der Waals surface area contributed by atoms with Crippen LogP contribution in [0.1, 0.15) is 58.3 Å². The van der Waals surface area contributed by atoms with E-state index >= 15 is 0 Å². The van der Waals surface area contributed by atoms with Gasteiger partial charge in [-0.15, -0.1) is 0 Å². The Kier molecular flexibility index (Phi) is 8.48. The van der Waals surface area contributed by atoms with Crippen LogP contribution in [0.3, 0.4) is 0 Å². The number of anilines is 1. The molecule has 2 nitrogen and oxygen atoms in total. The molecule has 19 heavy (non-hydrogen) atoms. The third-order valence-electron chi connectivity index (χ3n) is 3.24. The summed E-state index contributed by atoms with van der Waals surface area (Å²) in [6.07, 6.45) is 10.4. The molecule has 0 atom stereocenters. The van der Waals surface area contributed by atoms with Crippen molar-refractivity contribution in [2.75, 3.05) is 12.3 Å². The molecule has 0 radical (unpaired) electrons. The molecule has 0 bridgehead atoms. The zero-order chi connectivity index (χ0) is 13.9. The number of hydrogen-bond donors (Lipinski definition) is 1. The van der Waals surface area contributed by atoms with Crippen molar-refractivity contribution in [3.05, 3.63) is 23.2 Å². The number of nitrogen functional groups attached to an aromatic ring is 1. The number of para-hydroxylation sites is 1. The van der Waals surface area contributed by atoms with Gasteiger partial charge in [-0.2, -0.15) is 0 Å². The van der Waals surface area contributed by atoms with Gasteiger partial charge in [0, 0.05) is 0 Å². The quantitative estimate of drug-likeness (QED) is 0.458. The molecule has 0 aliphatic carbocycles. The SMILES string of the molecule is CCCCCCCCCCOc1c(N)cccc1Cl. The number of halogens is 1. The first-order valence-corrected chi connectivity index (χ1v) is 7.80. The zero-order valence-corrected chi connectivity index (χ0v) is 12.7. The van der Waals surface area contributed by atoms with Crippen molar-refractivity contribution in [3.8, 4) is 5.75 Å². The maximum Gasteiger partial charge on any atom is 0.160 e. The van der Waals surface area contributed by atoms with Crippen molar-refractivity contribution in [3.63, 3.8) is 0 Å². The highest BCUT2D eigenvalue weighted by Crippen LogP contribution is 2.30. The maximum atomic E-state index is 6.04. The summed E-state index contributed by atoms with van der Waals surface area (Å²) in [5.74, 6) is 0.632. The van der Waals surface area contributed by atoms with E-state index in [0.29, 0.717) is 23.1 Å². The molecule has 2 N–H and O–H groups in total. The summed E-state index contributed by atoms with van der Waals surface area (Å²) < 4.78 is 5.66. The Bertz CT molecular complexity index is 334. The van der Waals surface area contributed by atoms with Gasteiger partial charge in [-0.1, -0.05) is 69.5 Å². The number of unbranched alkanes of at least 4 members (excludes halogenated alkanes) is 7. The van der Waals surface area contributed by atoms with Gasteiger partial charge in [0.1, 0.15) is 0 Å². The van der Waals surface area contributed by atoms with Gasteiger partial charge in [0.25, 0.3) is 0 Å². The molecule has 3 heteroatoms. The number of rotatable bonds is 10. The first kappa shape index (κ1) is 16.2. The van der Waals surface area contributed by atoms with Crippen LogP contribution in [0.5, 0.6) is 5.75 Å². The lowest BCUT2D eigenvalue weighted by molar-refractivity contribution is 0.306. The zero-order valence-electron chi connectivity index (χ0n) is 12.0. The number of hydrogen-bond acceptors (Lipinski definition) is 2. The normalized spacial score (nSPS) is 10.6. The summed E-state index contributed by atoms with van der Waals surface area (Å²) in [7, 11) is 0. The summed E-state index contributed by atoms with van der Waals surface area (Å²) in [6.45, 7) is 2.95. The van der Waals surface area contributed by atoms with Gasteiger partial charge < -0.3 is 10.5 Å². The summed E-state index contributed by atoms with van der Waals surface area (Å²) >= 11 is 6.04. The van der Waals surface area contributed by atoms with Gasteiger partial charge in [0.2, 0.25) is 0 Å². The molecule has 1 aromatic rings. The van der Waals surface area contributed by atoms with E-state index in [1.165, 1.54) is 44.9 Å². The third-order valence-corrected chi connectivity index (χ3v) is 3.54. The van der Waals surface area contributed by atoms with E-state index in [2.05, 4.69) is 6.92 Å². The fourth-order valence-corrected chi connectivity index (χ4v) is 2.32. The standard InChI is InChI=1S/C16H26ClNO/c1-2-3-4-5-6-7-8-9-13-19-16-14(17)11-10-12-15(16)18/h10-12H,2-9,13,18H2,1H3. The van der Waals surface area contributed by atoms with Gasteiger partial charge in [0.15, 0.2) is 5.75 Å². The first-order valence-electron chi connectivity index (χ1n) is 7.42. The van der Waals surface area contributed by atoms with E-state index in [9.17, 15) is 0 Å². The molecule has 0 aliphatic rings. The van der Waals surface area contributed by atoms with Crippen LogP contribution in [0.25, 0.3) is 0 Å². The highest BCUT2D eigenvalue weighted by molar-refractivity contribution is 6.32. The van der Waals surface area contributed by atoms with E-state index in [4.69, 9.17) is 22.1 Å². The monoisotopic (exact) mass is 283 g/mol. The molecule has 0 saturated heterocycles. The van der Waals surface area contributed by atoms with Crippen LogP contribution in [-0.2, 0) is 0 Å². The molecule has 0 spiro atoms. The largest absolute Gasteiger partial charge is 0.490 e. The van der Waals surface area contributed by atoms with Gasteiger partial charge in [-0.25, -0.2) is 0 Å². The van der Waals surface area contributed by atoms with Crippen LogP contribution in [0.4, 0.5) is 5.69 Å². The van der Waals surface area contributed by atoms with Crippen LogP contribution in [-0.4, -0.2) is 6.61 Å². The van der Waals surface area contributed by atoms with Crippen molar-refractivity contribution in [1.82, 2.24) is 0 Å². The van der Waals surface area contributed by atoms with Gasteiger partial charge in [0.05, 0.1) is 17.3 Å². The molecular weight excluding hydrogens is 258 g/mol. The highest BCUT2D eigenvalue weighted by atomic mass is 35.5. The fourth-order valence-electron chi connectivity index (χ4n) is 2.09. The smallest absolute Gasteiger partial charge is 0.160 e. The minimum absolute atomic E-state index is 0.597. The number of ether oxygens (including phenoxy) is 1. The van der Waals surface area contributed by atoms with Crippen molar-refractivity contribution in [2.24, 2.45) is 0 Å². The molecular formula is C16H26ClNO. The Balaban J connectivity index is 2.05. The predicted molar refractivity (Wildman–Crippen MR) is 84.0 cm³/mol. The molecule has 1 aromatic carbocycles. The van der Waals surface area contributed by atoms with E-state index in [-0.39, 0.29) is 0 Å². The van der Waals surface area contributed by atoms with E-state index in [1.807, 2.05) is 12.1 Å². The predicted octanol–water partition coefficient (Wildman–Crippen LogP) is 5.44. The number of benzene rings is 1. The molecule has 0 aromatic heterocycles. The lowest BCUT2D eigenvalue weighted by atomic mass is 10.1. The average molecular weight is 284 g/mol. The van der Waals surface area contributed by atoms with Crippen LogP contribution < -0.4 is 10.5 Å². The average Bonchev–Trinajstić information content (AvgIpc) is 2.40. The second-order valence-electron chi connectivity index (χ2n) is 4.98. The van der Waals surface area contributed by atoms with Crippen LogP contribution in [0, 0.1) is 0 Å². The Hall–Kier alpha value is -0.890. The van der Waals surface area contributed by atoms with Crippen molar-refractivity contribution in [1.29, 1.82) is 0 Å². The molecule has 0 heterocycles. The third kappa shape index (κ3) is 6.72. The molecule has 108 valence electrons. The summed E-state index contributed by atoms with van der Waals surface area (Å²) in [5.41, 5.74) is 6.44. The summed E-state index contributed by atoms with van der Waals surface area (Å²) in [5, 5.41) is 0.597. The summed E-state index contributed by atoms with van der Waals surface area (Å²) in [4.78, 5) is 0. The van der Waals surface area contributed by atoms with Crippen molar-refractivity contribution >= 4 is 17.3 Å². The van der Waals surface area contributed by atoms with Gasteiger partial charge in [-0.05, 0) is 18.6 Å². The van der Waals surface area contributed by atoms with E-state index in [1.54, 1.807) is 6.07 Å². The first-order chi connectivity index (χ1) is 9.25. The van der Waals surface area contributed by atoms with Crippen LogP contribution in [0.2, 0.25) is 5.02 Å². The highest BCUT2D eigenvalue weighted by Gasteiger charge is 2.04. The van der Waals surface area contributed by atoms with Crippen molar-refractivity contribution < 1.29 is 4.74 Å². The molecule has 0 unspecified atom stereocenters. The van der Waals surface area contributed by atoms with Crippen LogP contribution >= 0.6 is 11.6 Å². The molecule has 0 aliphatic heterocycles. The van der Waals surface area contributed by atoms with E-state index in [0.717, 1.165) is 6.42 Å². The maximum absolute atomic E-state index is 6.04. The van der Waals surface area contributed by atoms with Crippen molar-refractivity contribution in [2.45, 2.75) is 58.3 Å². The molecule has 0 fully saturated rings. The second kappa shape index (κ2) is 9.96. The van der Waals surface area contributed by atoms with Gasteiger partial charge in [-0.3, -0.25) is 0 Å². The van der Waals surface area contributed by atoms with Crippen LogP contribution in [0.15, 0.2) is 18.2 Å². The summed E-state index contributed by atoms with van der Waals surface area (Å²) in [6, 6.07) is 5.46. The minimum atomic E-state index is 0.597. The fraction of sp³-hybridized carbons (Fsp3) is 0.625. The Labute approximate surface area is 122 Å². The Morgan fingerprint density at radius 1 is 1.00 bits per heavy atom. The van der Waals surface area contributed by atoms with E-state index < -0.39 is 0 Å². The molecule has 0 saturated carbocycles. The second-order valence-corrected chi connectivity index (χ2v) is 5.39. The van der Waals surface area contributed by atoms with Gasteiger partial charge >= 0.3 is 0 Å². The number of nitrogens with two attached hydrogens (primary N) is 1. The Morgan fingerprint density at radius 2 is 1.63 bits per heavy atom. The lowest BCUT2D eigenvalue weighted by Gasteiger charge is -2.10.